The maximum atomic E-state index is 5.23. The van der Waals surface area contributed by atoms with Crippen molar-refractivity contribution in [1.82, 2.24) is 9.97 Å². The first kappa shape index (κ1) is 46.9. The van der Waals surface area contributed by atoms with E-state index in [0.29, 0.717) is 0 Å². The third-order valence-corrected chi connectivity index (χ3v) is 15.2. The molecule has 12 rings (SSSR count). The Morgan fingerprint density at radius 1 is 0.493 bits per heavy atom. The minimum Gasteiger partial charge on any atom is -0.656 e. The van der Waals surface area contributed by atoms with E-state index in [0.717, 1.165) is 85.6 Å². The van der Waals surface area contributed by atoms with Gasteiger partial charge in [-0.1, -0.05) is 154 Å². The monoisotopic (exact) mass is 1070 g/mol. The molecule has 2 aliphatic carbocycles. The molecule has 0 bridgehead atoms. The second-order valence-electron chi connectivity index (χ2n) is 18.9. The normalized spacial score (nSPS) is 15.7. The maximum Gasteiger partial charge on any atom is 2.00 e. The van der Waals surface area contributed by atoms with Crippen molar-refractivity contribution < 1.29 is 17.1 Å². The summed E-state index contributed by atoms with van der Waals surface area (Å²) >= 11 is 7.36. The van der Waals surface area contributed by atoms with Crippen molar-refractivity contribution in [3.8, 4) is 22.5 Å². The molecule has 0 atom stereocenters. The average molecular weight is 1080 g/mol. The van der Waals surface area contributed by atoms with Gasteiger partial charge in [0.05, 0.1) is 22.8 Å². The Labute approximate surface area is 433 Å². The molecular weight excluding hydrogens is 1020 g/mol. The Hall–Kier alpha value is -5.82. The molecule has 0 N–H and O–H groups in total. The summed E-state index contributed by atoms with van der Waals surface area (Å²) in [5.74, 6) is 0. The van der Waals surface area contributed by atoms with Crippen LogP contribution in [0.3, 0.4) is 0 Å². The van der Waals surface area contributed by atoms with E-state index < -0.39 is 0 Å². The van der Waals surface area contributed by atoms with Gasteiger partial charge in [-0.2, -0.15) is 0 Å². The predicted molar refractivity (Wildman–Crippen MR) is 293 cm³/mol. The molecule has 4 heterocycles. The van der Waals surface area contributed by atoms with Gasteiger partial charge < -0.3 is 9.97 Å². The van der Waals surface area contributed by atoms with Gasteiger partial charge in [0.2, 0.25) is 0 Å². The van der Waals surface area contributed by atoms with Gasteiger partial charge in [0, 0.05) is 32.9 Å². The van der Waals surface area contributed by atoms with Gasteiger partial charge in [-0.05, 0) is 167 Å². The van der Waals surface area contributed by atoms with Crippen LogP contribution < -0.4 is 9.97 Å². The van der Waals surface area contributed by atoms with Gasteiger partial charge in [0.15, 0.2) is 0 Å². The van der Waals surface area contributed by atoms with Crippen molar-refractivity contribution in [2.75, 3.05) is 0 Å². The number of halogens is 2. The van der Waals surface area contributed by atoms with Gasteiger partial charge in [0.1, 0.15) is 0 Å². The fourth-order valence-corrected chi connectivity index (χ4v) is 12.2. The van der Waals surface area contributed by atoms with E-state index in [1.54, 1.807) is 0 Å². The van der Waals surface area contributed by atoms with Crippen LogP contribution in [0.4, 0.5) is 0 Å². The molecule has 0 saturated heterocycles. The Balaban J connectivity index is 0.000000158. The molecule has 8 aromatic rings. The minimum absolute atomic E-state index is 0. The first-order valence-electron chi connectivity index (χ1n) is 23.8. The van der Waals surface area contributed by atoms with E-state index in [1.807, 2.05) is 0 Å². The SMILES string of the molecule is CCC1=C2Cc3ccccc3C2=N/C1=C\c1[n-]c(-c2c(C)cc(C)cc2C)c2cc(Br)ccc12.CCC1=C2Cc3ccccc3C2=N/C1=C\c1[n-]c(-c2c(C)cc(C)cc2C)c2ccc(Br)cc12.[Cu+2]. The number of fused-ring (bicyclic) bond motifs is 8. The van der Waals surface area contributed by atoms with Crippen LogP contribution in [0, 0.1) is 41.5 Å². The number of aromatic nitrogens is 2. The number of nitrogens with zero attached hydrogens (tertiary/aromatic N) is 4. The first-order chi connectivity index (χ1) is 32.9. The van der Waals surface area contributed by atoms with Crippen LogP contribution in [-0.4, -0.2) is 11.4 Å². The molecule has 4 nitrogen and oxygen atoms in total. The summed E-state index contributed by atoms with van der Waals surface area (Å²) in [5.41, 5.74) is 29.4. The van der Waals surface area contributed by atoms with Crippen LogP contribution in [0.2, 0.25) is 0 Å². The summed E-state index contributed by atoms with van der Waals surface area (Å²) in [4.78, 5) is 20.8. The number of hydrogen-bond donors (Lipinski definition) is 0. The summed E-state index contributed by atoms with van der Waals surface area (Å²) in [6, 6.07) is 39.3. The van der Waals surface area contributed by atoms with Crippen LogP contribution in [0.25, 0.3) is 56.2 Å². The Kier molecular flexibility index (Phi) is 12.6. The zero-order chi connectivity index (χ0) is 47.1. The number of aliphatic imine (C=N–C) groups is 2. The zero-order valence-corrected chi connectivity index (χ0v) is 44.3. The molecule has 2 aliphatic heterocycles. The zero-order valence-electron chi connectivity index (χ0n) is 40.2. The first-order valence-corrected chi connectivity index (χ1v) is 25.4. The minimum atomic E-state index is 0. The topological polar surface area (TPSA) is 52.9 Å². The van der Waals surface area contributed by atoms with Crippen molar-refractivity contribution in [1.29, 1.82) is 0 Å². The second-order valence-corrected chi connectivity index (χ2v) is 20.7. The van der Waals surface area contributed by atoms with Gasteiger partial charge >= 0.3 is 17.1 Å². The summed E-state index contributed by atoms with van der Waals surface area (Å²) in [5, 5.41) is 4.70. The molecule has 7 heteroatoms. The fourth-order valence-electron chi connectivity index (χ4n) is 11.5. The summed E-state index contributed by atoms with van der Waals surface area (Å²) in [7, 11) is 0. The molecule has 4 aliphatic rings. The number of allylic oxidation sites excluding steroid dienone is 4. The quantitative estimate of drug-likeness (QED) is 0.156. The third-order valence-electron chi connectivity index (χ3n) is 14.2. The van der Waals surface area contributed by atoms with Crippen LogP contribution in [0.5, 0.6) is 0 Å². The Bertz CT molecular complexity index is 3630. The van der Waals surface area contributed by atoms with Gasteiger partial charge in [-0.25, -0.2) is 9.98 Å². The van der Waals surface area contributed by atoms with Crippen LogP contribution >= 0.6 is 31.9 Å². The largest absolute Gasteiger partial charge is 2.00 e. The molecule has 0 spiro atoms. The van der Waals surface area contributed by atoms with Crippen molar-refractivity contribution in [2.45, 2.75) is 81.1 Å². The number of benzene rings is 6. The Morgan fingerprint density at radius 2 is 0.899 bits per heavy atom. The van der Waals surface area contributed by atoms with Crippen LogP contribution in [-0.2, 0) is 29.9 Å². The van der Waals surface area contributed by atoms with E-state index in [-0.39, 0.29) is 17.1 Å². The molecule has 69 heavy (non-hydrogen) atoms. The molecular formula is C62H52Br2CuN4. The maximum absolute atomic E-state index is 5.23. The smallest absolute Gasteiger partial charge is 0.656 e. The van der Waals surface area contributed by atoms with Crippen LogP contribution in [0.1, 0.15) is 93.7 Å². The molecule has 2 aromatic heterocycles. The predicted octanol–water partition coefficient (Wildman–Crippen LogP) is 16.5. The molecule has 0 amide bonds. The number of aryl methyl sites for hydroxylation is 6. The molecule has 0 unspecified atom stereocenters. The van der Waals surface area contributed by atoms with Crippen molar-refractivity contribution >= 4 is 77.0 Å². The van der Waals surface area contributed by atoms with Gasteiger partial charge in [-0.3, -0.25) is 0 Å². The summed E-state index contributed by atoms with van der Waals surface area (Å²) in [6.45, 7) is 17.5. The molecule has 6 aromatic carbocycles. The fraction of sp³-hybridized carbons (Fsp3) is 0.194. The van der Waals surface area contributed by atoms with E-state index in [4.69, 9.17) is 20.0 Å². The van der Waals surface area contributed by atoms with Gasteiger partial charge in [-0.15, -0.1) is 22.8 Å². The summed E-state index contributed by atoms with van der Waals surface area (Å²) in [6.07, 6.45) is 8.30. The van der Waals surface area contributed by atoms with Gasteiger partial charge in [0.25, 0.3) is 0 Å². The molecule has 345 valence electrons. The summed E-state index contributed by atoms with van der Waals surface area (Å²) < 4.78 is 2.13. The van der Waals surface area contributed by atoms with Crippen molar-refractivity contribution in [2.24, 2.45) is 9.98 Å². The molecule has 0 saturated carbocycles. The molecule has 1 radical (unpaired) electrons. The van der Waals surface area contributed by atoms with E-state index in [9.17, 15) is 0 Å². The average Bonchev–Trinajstić information content (AvgIpc) is 4.14. The number of hydrogen-bond acceptors (Lipinski definition) is 2. The van der Waals surface area contributed by atoms with E-state index in [1.165, 1.54) is 105 Å². The standard InChI is InChI=1S/2C31H26BrN2.Cu/c1-5-22-26-14-20-8-6-7-9-23(20)30(26)33-27(22)16-28-25-15-21(32)10-11-24(25)31(34-28)29-18(3)12-17(2)13-19(29)4;1-5-22-25-14-20-8-6-7-9-23(20)30(25)33-27(22)16-28-24-11-10-21(32)15-26(24)31(34-28)29-18(3)12-17(2)13-19(29)4;/h2*6-13,15-16H,5,14H2,1-4H3;/q2*-1;+2/b2*27-16-;. The van der Waals surface area contributed by atoms with Crippen LogP contribution in [0.15, 0.2) is 162 Å². The molecule has 0 fully saturated rings. The second kappa shape index (κ2) is 18.5. The van der Waals surface area contributed by atoms with Crippen molar-refractivity contribution in [3.63, 3.8) is 0 Å². The van der Waals surface area contributed by atoms with Crippen molar-refractivity contribution in [3.05, 3.63) is 219 Å². The Morgan fingerprint density at radius 3 is 1.36 bits per heavy atom. The van der Waals surface area contributed by atoms with E-state index in [2.05, 4.69) is 209 Å². The third kappa shape index (κ3) is 8.15. The number of rotatable bonds is 6. The van der Waals surface area contributed by atoms with E-state index >= 15 is 0 Å².